The first kappa shape index (κ1) is 21.5. The molecular formula is C23H20F3N5O. The van der Waals surface area contributed by atoms with Crippen molar-refractivity contribution in [2.24, 2.45) is 5.41 Å². The standard InChI is InChI=1S/C23H20F3N5O/c1-22(2,3)21(32)29-18-11-14(6-7-16(18)23(24,25)26)19-13-31-20(28-19)9-8-17(30-31)15-5-4-10-27-12-15/h4-13H,1-3H3,(H,29,32). The maximum atomic E-state index is 13.5. The molecule has 6 nitrogen and oxygen atoms in total. The van der Waals surface area contributed by atoms with Crippen molar-refractivity contribution in [1.29, 1.82) is 0 Å². The van der Waals surface area contributed by atoms with E-state index in [2.05, 4.69) is 20.4 Å². The smallest absolute Gasteiger partial charge is 0.325 e. The number of rotatable bonds is 3. The van der Waals surface area contributed by atoms with E-state index in [1.807, 2.05) is 6.07 Å². The SMILES string of the molecule is CC(C)(C)C(=O)Nc1cc(-c2cn3nc(-c4cccnc4)ccc3n2)ccc1C(F)(F)F. The number of amides is 1. The third-order valence-corrected chi connectivity index (χ3v) is 4.83. The molecule has 0 radical (unpaired) electrons. The summed E-state index contributed by atoms with van der Waals surface area (Å²) in [6, 6.07) is 10.8. The van der Waals surface area contributed by atoms with Crippen molar-refractivity contribution in [3.63, 3.8) is 0 Å². The fraction of sp³-hybridized carbons (Fsp3) is 0.217. The van der Waals surface area contributed by atoms with Crippen LogP contribution in [-0.4, -0.2) is 25.5 Å². The Kier molecular flexibility index (Phi) is 5.20. The summed E-state index contributed by atoms with van der Waals surface area (Å²) in [6.45, 7) is 4.90. The zero-order valence-corrected chi connectivity index (χ0v) is 17.6. The summed E-state index contributed by atoms with van der Waals surface area (Å²) in [7, 11) is 0. The zero-order valence-electron chi connectivity index (χ0n) is 17.6. The number of aromatic nitrogens is 4. The van der Waals surface area contributed by atoms with Gasteiger partial charge in [-0.3, -0.25) is 9.78 Å². The normalized spacial score (nSPS) is 12.2. The third kappa shape index (κ3) is 4.32. The van der Waals surface area contributed by atoms with Gasteiger partial charge in [-0.2, -0.15) is 18.3 Å². The number of carbonyl (C=O) groups excluding carboxylic acids is 1. The molecule has 1 aromatic carbocycles. The van der Waals surface area contributed by atoms with Crippen molar-refractivity contribution in [2.45, 2.75) is 26.9 Å². The molecule has 1 N–H and O–H groups in total. The molecule has 0 atom stereocenters. The van der Waals surface area contributed by atoms with Gasteiger partial charge in [0.25, 0.3) is 0 Å². The molecule has 164 valence electrons. The number of alkyl halides is 3. The van der Waals surface area contributed by atoms with E-state index < -0.39 is 23.1 Å². The van der Waals surface area contributed by atoms with Crippen molar-refractivity contribution in [3.8, 4) is 22.5 Å². The summed E-state index contributed by atoms with van der Waals surface area (Å²) < 4.78 is 42.1. The maximum Gasteiger partial charge on any atom is 0.418 e. The molecule has 4 rings (SSSR count). The molecule has 0 aliphatic carbocycles. The van der Waals surface area contributed by atoms with Gasteiger partial charge in [-0.05, 0) is 36.4 Å². The van der Waals surface area contributed by atoms with E-state index >= 15 is 0 Å². The molecular weight excluding hydrogens is 419 g/mol. The highest BCUT2D eigenvalue weighted by Crippen LogP contribution is 2.37. The Morgan fingerprint density at radius 3 is 2.44 bits per heavy atom. The summed E-state index contributed by atoms with van der Waals surface area (Å²) in [5.74, 6) is -0.516. The van der Waals surface area contributed by atoms with Gasteiger partial charge in [-0.25, -0.2) is 9.50 Å². The van der Waals surface area contributed by atoms with Crippen LogP contribution in [0.5, 0.6) is 0 Å². The predicted molar refractivity (Wildman–Crippen MR) is 115 cm³/mol. The average Bonchev–Trinajstić information content (AvgIpc) is 3.16. The lowest BCUT2D eigenvalue weighted by Crippen LogP contribution is -2.28. The minimum Gasteiger partial charge on any atom is -0.325 e. The number of pyridine rings is 1. The highest BCUT2D eigenvalue weighted by molar-refractivity contribution is 5.96. The minimum atomic E-state index is -4.61. The third-order valence-electron chi connectivity index (χ3n) is 4.83. The number of imidazole rings is 1. The van der Waals surface area contributed by atoms with Crippen LogP contribution < -0.4 is 5.32 Å². The molecule has 4 aromatic rings. The van der Waals surface area contributed by atoms with Crippen LogP contribution in [-0.2, 0) is 11.0 Å². The number of benzene rings is 1. The molecule has 0 saturated heterocycles. The molecule has 0 unspecified atom stereocenters. The fourth-order valence-corrected chi connectivity index (χ4v) is 3.05. The molecule has 0 saturated carbocycles. The predicted octanol–water partition coefficient (Wildman–Crippen LogP) is 5.46. The molecule has 0 spiro atoms. The fourth-order valence-electron chi connectivity index (χ4n) is 3.05. The number of nitrogens with one attached hydrogen (secondary N) is 1. The van der Waals surface area contributed by atoms with E-state index in [4.69, 9.17) is 0 Å². The van der Waals surface area contributed by atoms with E-state index in [-0.39, 0.29) is 5.69 Å². The highest BCUT2D eigenvalue weighted by atomic mass is 19.4. The minimum absolute atomic E-state index is 0.309. The second-order valence-corrected chi connectivity index (χ2v) is 8.35. The number of halogens is 3. The van der Waals surface area contributed by atoms with Crippen LogP contribution >= 0.6 is 0 Å². The second kappa shape index (κ2) is 7.74. The highest BCUT2D eigenvalue weighted by Gasteiger charge is 2.35. The van der Waals surface area contributed by atoms with Crippen molar-refractivity contribution in [3.05, 3.63) is 66.6 Å². The number of anilines is 1. The Morgan fingerprint density at radius 2 is 1.78 bits per heavy atom. The van der Waals surface area contributed by atoms with Gasteiger partial charge in [-0.1, -0.05) is 26.8 Å². The van der Waals surface area contributed by atoms with E-state index in [1.165, 1.54) is 12.1 Å². The number of carbonyl (C=O) groups is 1. The van der Waals surface area contributed by atoms with Gasteiger partial charge in [0.1, 0.15) is 0 Å². The average molecular weight is 439 g/mol. The van der Waals surface area contributed by atoms with Crippen molar-refractivity contribution in [2.75, 3.05) is 5.32 Å². The van der Waals surface area contributed by atoms with E-state index in [0.717, 1.165) is 11.6 Å². The Labute approximate surface area is 182 Å². The topological polar surface area (TPSA) is 72.2 Å². The largest absolute Gasteiger partial charge is 0.418 e. The molecule has 3 aromatic heterocycles. The van der Waals surface area contributed by atoms with Crippen molar-refractivity contribution in [1.82, 2.24) is 19.6 Å². The number of fused-ring (bicyclic) bond motifs is 1. The molecule has 0 aliphatic rings. The second-order valence-electron chi connectivity index (χ2n) is 8.35. The monoisotopic (exact) mass is 439 g/mol. The van der Waals surface area contributed by atoms with Crippen LogP contribution in [0.3, 0.4) is 0 Å². The lowest BCUT2D eigenvalue weighted by Gasteiger charge is -2.20. The molecule has 32 heavy (non-hydrogen) atoms. The number of hydrogen-bond donors (Lipinski definition) is 1. The molecule has 0 aliphatic heterocycles. The van der Waals surface area contributed by atoms with Crippen LogP contribution in [0.15, 0.2) is 61.1 Å². The van der Waals surface area contributed by atoms with E-state index in [1.54, 1.807) is 62.1 Å². The van der Waals surface area contributed by atoms with Gasteiger partial charge in [-0.15, -0.1) is 0 Å². The van der Waals surface area contributed by atoms with Crippen molar-refractivity contribution < 1.29 is 18.0 Å². The quantitative estimate of drug-likeness (QED) is 0.460. The Morgan fingerprint density at radius 1 is 1.00 bits per heavy atom. The number of hydrogen-bond acceptors (Lipinski definition) is 4. The molecule has 9 heteroatoms. The lowest BCUT2D eigenvalue weighted by atomic mass is 9.95. The molecule has 1 amide bonds. The first-order valence-electron chi connectivity index (χ1n) is 9.82. The maximum absolute atomic E-state index is 13.5. The van der Waals surface area contributed by atoms with Gasteiger partial charge in [0.2, 0.25) is 5.91 Å². The lowest BCUT2D eigenvalue weighted by molar-refractivity contribution is -0.137. The Hall–Kier alpha value is -3.75. The van der Waals surface area contributed by atoms with Crippen LogP contribution in [0.2, 0.25) is 0 Å². The van der Waals surface area contributed by atoms with Gasteiger partial charge in [0, 0.05) is 28.9 Å². The summed E-state index contributed by atoms with van der Waals surface area (Å²) in [5.41, 5.74) is 0.820. The zero-order chi connectivity index (χ0) is 23.1. The van der Waals surface area contributed by atoms with Gasteiger partial charge in [0.15, 0.2) is 5.65 Å². The molecule has 0 fully saturated rings. The summed E-state index contributed by atoms with van der Waals surface area (Å²) in [4.78, 5) is 20.9. The summed E-state index contributed by atoms with van der Waals surface area (Å²) in [5, 5.41) is 6.93. The summed E-state index contributed by atoms with van der Waals surface area (Å²) >= 11 is 0. The van der Waals surface area contributed by atoms with Crippen LogP contribution in [0, 0.1) is 5.41 Å². The van der Waals surface area contributed by atoms with Gasteiger partial charge in [0.05, 0.1) is 28.8 Å². The van der Waals surface area contributed by atoms with Crippen LogP contribution in [0.4, 0.5) is 18.9 Å². The Bertz CT molecular complexity index is 1290. The number of nitrogens with zero attached hydrogens (tertiary/aromatic N) is 4. The van der Waals surface area contributed by atoms with Gasteiger partial charge >= 0.3 is 6.18 Å². The summed E-state index contributed by atoms with van der Waals surface area (Å²) in [6.07, 6.45) is 0.370. The van der Waals surface area contributed by atoms with E-state index in [0.29, 0.717) is 22.6 Å². The Balaban J connectivity index is 1.75. The van der Waals surface area contributed by atoms with Crippen LogP contribution in [0.1, 0.15) is 26.3 Å². The first-order valence-corrected chi connectivity index (χ1v) is 9.82. The molecule has 0 bridgehead atoms. The van der Waals surface area contributed by atoms with E-state index in [9.17, 15) is 18.0 Å². The molecule has 3 heterocycles. The van der Waals surface area contributed by atoms with Crippen LogP contribution in [0.25, 0.3) is 28.2 Å². The first-order chi connectivity index (χ1) is 15.0. The van der Waals surface area contributed by atoms with Crippen molar-refractivity contribution >= 4 is 17.2 Å². The van der Waals surface area contributed by atoms with Gasteiger partial charge < -0.3 is 5.32 Å².